The van der Waals surface area contributed by atoms with Crippen molar-refractivity contribution in [3.05, 3.63) is 24.0 Å². The van der Waals surface area contributed by atoms with Crippen LogP contribution in [0.15, 0.2) is 18.5 Å². The zero-order valence-electron chi connectivity index (χ0n) is 10.3. The number of nitrogens with zero attached hydrogens (tertiary/aromatic N) is 2. The fourth-order valence-corrected chi connectivity index (χ4v) is 2.57. The van der Waals surface area contributed by atoms with Gasteiger partial charge in [0.15, 0.2) is 0 Å². The van der Waals surface area contributed by atoms with Crippen molar-refractivity contribution in [1.82, 2.24) is 4.98 Å². The molecule has 1 aliphatic rings. The van der Waals surface area contributed by atoms with E-state index in [0.717, 1.165) is 24.1 Å². The van der Waals surface area contributed by atoms with E-state index in [1.807, 2.05) is 0 Å². The van der Waals surface area contributed by atoms with Crippen LogP contribution in [0.1, 0.15) is 38.2 Å². The SMILES string of the molecule is CC1CCCCC1CNc1cnccc1C#N. The van der Waals surface area contributed by atoms with Crippen LogP contribution in [-0.4, -0.2) is 11.5 Å². The van der Waals surface area contributed by atoms with Gasteiger partial charge in [0.25, 0.3) is 0 Å². The molecule has 2 unspecified atom stereocenters. The monoisotopic (exact) mass is 229 g/mol. The maximum absolute atomic E-state index is 8.99. The van der Waals surface area contributed by atoms with E-state index >= 15 is 0 Å². The highest BCUT2D eigenvalue weighted by Crippen LogP contribution is 2.29. The van der Waals surface area contributed by atoms with E-state index < -0.39 is 0 Å². The van der Waals surface area contributed by atoms with Crippen LogP contribution in [0.5, 0.6) is 0 Å². The fraction of sp³-hybridized carbons (Fsp3) is 0.571. The minimum absolute atomic E-state index is 0.684. The van der Waals surface area contributed by atoms with E-state index in [-0.39, 0.29) is 0 Å². The third-order valence-electron chi connectivity index (χ3n) is 3.79. The molecule has 1 saturated carbocycles. The van der Waals surface area contributed by atoms with Crippen molar-refractivity contribution < 1.29 is 0 Å². The Bertz CT molecular complexity index is 408. The molecule has 1 aromatic heterocycles. The number of aromatic nitrogens is 1. The van der Waals surface area contributed by atoms with Crippen LogP contribution in [0.3, 0.4) is 0 Å². The lowest BCUT2D eigenvalue weighted by atomic mass is 9.80. The summed E-state index contributed by atoms with van der Waals surface area (Å²) in [5.41, 5.74) is 1.55. The third-order valence-corrected chi connectivity index (χ3v) is 3.79. The normalized spacial score (nSPS) is 24.0. The van der Waals surface area contributed by atoms with Crippen molar-refractivity contribution in [2.45, 2.75) is 32.6 Å². The Morgan fingerprint density at radius 2 is 2.29 bits per heavy atom. The van der Waals surface area contributed by atoms with Crippen LogP contribution in [0.2, 0.25) is 0 Å². The molecule has 2 rings (SSSR count). The maximum Gasteiger partial charge on any atom is 0.101 e. The van der Waals surface area contributed by atoms with E-state index in [2.05, 4.69) is 23.3 Å². The molecular formula is C14H19N3. The van der Waals surface area contributed by atoms with E-state index in [1.54, 1.807) is 18.5 Å². The van der Waals surface area contributed by atoms with Crippen molar-refractivity contribution in [2.75, 3.05) is 11.9 Å². The standard InChI is InChI=1S/C14H19N3/c1-11-4-2-3-5-13(11)9-17-14-10-16-7-6-12(14)8-15/h6-7,10-11,13,17H,2-5,9H2,1H3. The smallest absolute Gasteiger partial charge is 0.101 e. The largest absolute Gasteiger partial charge is 0.382 e. The number of hydrogen-bond donors (Lipinski definition) is 1. The quantitative estimate of drug-likeness (QED) is 0.866. The van der Waals surface area contributed by atoms with Gasteiger partial charge in [-0.15, -0.1) is 0 Å². The number of hydrogen-bond acceptors (Lipinski definition) is 3. The van der Waals surface area contributed by atoms with E-state index in [1.165, 1.54) is 25.7 Å². The summed E-state index contributed by atoms with van der Waals surface area (Å²) in [5, 5.41) is 12.4. The predicted molar refractivity (Wildman–Crippen MR) is 68.6 cm³/mol. The molecule has 0 spiro atoms. The summed E-state index contributed by atoms with van der Waals surface area (Å²) in [6.07, 6.45) is 8.75. The lowest BCUT2D eigenvalue weighted by molar-refractivity contribution is 0.268. The Hall–Kier alpha value is -1.56. The van der Waals surface area contributed by atoms with Gasteiger partial charge in [0.2, 0.25) is 0 Å². The molecule has 3 heteroatoms. The first kappa shape index (κ1) is 11.9. The van der Waals surface area contributed by atoms with Gasteiger partial charge in [-0.25, -0.2) is 0 Å². The second-order valence-corrected chi connectivity index (χ2v) is 4.94. The Kier molecular flexibility index (Phi) is 3.98. The minimum Gasteiger partial charge on any atom is -0.382 e. The molecule has 0 bridgehead atoms. The molecule has 0 aromatic carbocycles. The summed E-state index contributed by atoms with van der Waals surface area (Å²) in [6, 6.07) is 3.95. The van der Waals surface area contributed by atoms with Crippen LogP contribution >= 0.6 is 0 Å². The second-order valence-electron chi connectivity index (χ2n) is 4.94. The lowest BCUT2D eigenvalue weighted by Crippen LogP contribution is -2.24. The molecule has 17 heavy (non-hydrogen) atoms. The fourth-order valence-electron chi connectivity index (χ4n) is 2.57. The van der Waals surface area contributed by atoms with Gasteiger partial charge in [0.1, 0.15) is 6.07 Å². The van der Waals surface area contributed by atoms with Gasteiger partial charge in [-0.3, -0.25) is 4.98 Å². The number of anilines is 1. The molecule has 1 aromatic rings. The molecule has 1 aliphatic carbocycles. The summed E-state index contributed by atoms with van der Waals surface area (Å²) < 4.78 is 0. The van der Waals surface area contributed by atoms with Crippen LogP contribution in [0, 0.1) is 23.2 Å². The van der Waals surface area contributed by atoms with Crippen molar-refractivity contribution in [1.29, 1.82) is 5.26 Å². The predicted octanol–water partition coefficient (Wildman–Crippen LogP) is 3.19. The van der Waals surface area contributed by atoms with Gasteiger partial charge >= 0.3 is 0 Å². The van der Waals surface area contributed by atoms with E-state index in [4.69, 9.17) is 5.26 Å². The van der Waals surface area contributed by atoms with Gasteiger partial charge in [-0.2, -0.15) is 5.26 Å². The van der Waals surface area contributed by atoms with Crippen molar-refractivity contribution in [3.8, 4) is 6.07 Å². The summed E-state index contributed by atoms with van der Waals surface area (Å²) in [5.74, 6) is 1.52. The molecule has 90 valence electrons. The number of nitrogens with one attached hydrogen (secondary N) is 1. The van der Waals surface area contributed by atoms with Gasteiger partial charge < -0.3 is 5.32 Å². The van der Waals surface area contributed by atoms with Gasteiger partial charge in [-0.1, -0.05) is 26.2 Å². The molecule has 0 radical (unpaired) electrons. The Morgan fingerprint density at radius 1 is 1.47 bits per heavy atom. The van der Waals surface area contributed by atoms with E-state index in [0.29, 0.717) is 5.56 Å². The summed E-state index contributed by atoms with van der Waals surface area (Å²) >= 11 is 0. The molecule has 2 atom stereocenters. The van der Waals surface area contributed by atoms with Crippen molar-refractivity contribution in [2.24, 2.45) is 11.8 Å². The van der Waals surface area contributed by atoms with E-state index in [9.17, 15) is 0 Å². The topological polar surface area (TPSA) is 48.7 Å². The van der Waals surface area contributed by atoms with Crippen LogP contribution < -0.4 is 5.32 Å². The number of rotatable bonds is 3. The third kappa shape index (κ3) is 2.97. The Morgan fingerprint density at radius 3 is 3.06 bits per heavy atom. The Balaban J connectivity index is 1.95. The molecule has 1 fully saturated rings. The average molecular weight is 229 g/mol. The molecular weight excluding hydrogens is 210 g/mol. The lowest BCUT2D eigenvalue weighted by Gasteiger charge is -2.29. The molecule has 1 heterocycles. The van der Waals surface area contributed by atoms with Gasteiger partial charge in [-0.05, 0) is 24.3 Å². The van der Waals surface area contributed by atoms with Gasteiger partial charge in [0.05, 0.1) is 17.4 Å². The number of pyridine rings is 1. The highest BCUT2D eigenvalue weighted by Gasteiger charge is 2.21. The Labute approximate surface area is 103 Å². The van der Waals surface area contributed by atoms with Crippen molar-refractivity contribution in [3.63, 3.8) is 0 Å². The molecule has 1 N–H and O–H groups in total. The van der Waals surface area contributed by atoms with Crippen LogP contribution in [0.4, 0.5) is 5.69 Å². The highest BCUT2D eigenvalue weighted by atomic mass is 14.9. The van der Waals surface area contributed by atoms with Crippen LogP contribution in [-0.2, 0) is 0 Å². The first-order valence-electron chi connectivity index (χ1n) is 6.39. The minimum atomic E-state index is 0.684. The first-order valence-corrected chi connectivity index (χ1v) is 6.39. The molecule has 3 nitrogen and oxygen atoms in total. The molecule has 0 saturated heterocycles. The molecule has 0 amide bonds. The molecule has 0 aliphatic heterocycles. The average Bonchev–Trinajstić information content (AvgIpc) is 2.38. The number of nitriles is 1. The summed E-state index contributed by atoms with van der Waals surface area (Å²) in [6.45, 7) is 3.29. The zero-order chi connectivity index (χ0) is 12.1. The summed E-state index contributed by atoms with van der Waals surface area (Å²) in [7, 11) is 0. The van der Waals surface area contributed by atoms with Gasteiger partial charge in [0, 0.05) is 12.7 Å². The van der Waals surface area contributed by atoms with Crippen LogP contribution in [0.25, 0.3) is 0 Å². The highest BCUT2D eigenvalue weighted by molar-refractivity contribution is 5.55. The second kappa shape index (κ2) is 5.67. The first-order chi connectivity index (χ1) is 8.31. The van der Waals surface area contributed by atoms with Crippen molar-refractivity contribution >= 4 is 5.69 Å². The maximum atomic E-state index is 8.99. The summed E-state index contributed by atoms with van der Waals surface area (Å²) in [4.78, 5) is 4.06. The zero-order valence-corrected chi connectivity index (χ0v) is 10.3.